The minimum Gasteiger partial charge on any atom is -0.469 e. The van der Waals surface area contributed by atoms with E-state index in [2.05, 4.69) is 11.8 Å². The largest absolute Gasteiger partial charge is 0.469 e. The van der Waals surface area contributed by atoms with Gasteiger partial charge in [0.15, 0.2) is 32.8 Å². The lowest BCUT2D eigenvalue weighted by atomic mass is 10.0. The normalized spacial score (nSPS) is 11.5. The van der Waals surface area contributed by atoms with Crippen molar-refractivity contribution >= 4 is 15.6 Å². The van der Waals surface area contributed by atoms with Crippen LogP contribution in [-0.2, 0) is 27.5 Å². The monoisotopic (exact) mass is 514 g/mol. The van der Waals surface area contributed by atoms with Gasteiger partial charge in [0, 0.05) is 30.5 Å². The number of hydrogen-bond donors (Lipinski definition) is 0. The molecule has 0 unspecified atom stereocenters. The Balaban J connectivity index is 1.61. The fraction of sp³-hybridized carbons (Fsp3) is 0.250. The van der Waals surface area contributed by atoms with Gasteiger partial charge in [-0.25, -0.2) is 21.6 Å². The van der Waals surface area contributed by atoms with Crippen LogP contribution >= 0.6 is 0 Å². The van der Waals surface area contributed by atoms with Crippen molar-refractivity contribution in [1.29, 1.82) is 0 Å². The Kier molecular flexibility index (Phi) is 8.26. The minimum absolute atomic E-state index is 0.0154. The summed E-state index contributed by atoms with van der Waals surface area (Å²) in [7, 11) is -3.28. The second-order valence-corrected chi connectivity index (χ2v) is 11.0. The highest BCUT2D eigenvalue weighted by Gasteiger charge is 2.22. The highest BCUT2D eigenvalue weighted by molar-refractivity contribution is 7.91. The molecule has 0 spiro atoms. The van der Waals surface area contributed by atoms with Gasteiger partial charge in [-0.1, -0.05) is 43.0 Å². The van der Waals surface area contributed by atoms with E-state index in [0.29, 0.717) is 17.7 Å². The lowest BCUT2D eigenvalue weighted by molar-refractivity contribution is -0.117. The van der Waals surface area contributed by atoms with E-state index in [1.807, 2.05) is 0 Å². The van der Waals surface area contributed by atoms with Gasteiger partial charge in [-0.05, 0) is 49.2 Å². The fourth-order valence-corrected chi connectivity index (χ4v) is 4.22. The molecule has 3 aromatic carbocycles. The molecule has 0 N–H and O–H groups in total. The van der Waals surface area contributed by atoms with Crippen molar-refractivity contribution < 1.29 is 31.1 Å². The van der Waals surface area contributed by atoms with Gasteiger partial charge in [0.05, 0.1) is 10.6 Å². The summed E-state index contributed by atoms with van der Waals surface area (Å²) in [5, 5.41) is 0. The van der Waals surface area contributed by atoms with Gasteiger partial charge in [0.25, 0.3) is 0 Å². The number of rotatable bonds is 8. The Hall–Kier alpha value is -3.57. The maximum Gasteiger partial charge on any atom is 0.193 e. The molecule has 0 amide bonds. The SMILES string of the molecule is CCS(=O)(=O)c1ccc(CC(=O)Cc2ccc(C#CC(C)(C)Oc3c(F)cc(F)cc3F)cc2)cc1. The second kappa shape index (κ2) is 11.0. The van der Waals surface area contributed by atoms with Gasteiger partial charge in [0.1, 0.15) is 11.6 Å². The van der Waals surface area contributed by atoms with Gasteiger partial charge in [-0.3, -0.25) is 4.79 Å². The van der Waals surface area contributed by atoms with Crippen molar-refractivity contribution in [3.05, 3.63) is 94.8 Å². The molecule has 0 aliphatic carbocycles. The standard InChI is InChI=1S/C28H25F3O4S/c1-4-36(33,34)24-11-9-21(10-12-24)16-23(32)15-20-7-5-19(6-8-20)13-14-28(2,3)35-27-25(30)17-22(29)18-26(27)31/h5-12,17-18H,4,15-16H2,1-3H3. The molecule has 0 bridgehead atoms. The predicted molar refractivity (Wildman–Crippen MR) is 131 cm³/mol. The van der Waals surface area contributed by atoms with E-state index in [4.69, 9.17) is 4.74 Å². The molecule has 36 heavy (non-hydrogen) atoms. The molecule has 0 aromatic heterocycles. The van der Waals surface area contributed by atoms with Crippen LogP contribution in [0.4, 0.5) is 13.2 Å². The third-order valence-electron chi connectivity index (χ3n) is 5.25. The number of ketones is 1. The molecule has 0 saturated carbocycles. The number of carbonyl (C=O) groups is 1. The van der Waals surface area contributed by atoms with E-state index in [9.17, 15) is 26.4 Å². The van der Waals surface area contributed by atoms with Crippen LogP contribution in [-0.4, -0.2) is 25.6 Å². The molecule has 0 radical (unpaired) electrons. The Morgan fingerprint density at radius 2 is 1.39 bits per heavy atom. The van der Waals surface area contributed by atoms with Crippen LogP contribution in [0.15, 0.2) is 65.6 Å². The number of carbonyl (C=O) groups excluding carboxylic acids is 1. The van der Waals surface area contributed by atoms with Crippen LogP contribution in [0.2, 0.25) is 0 Å². The van der Waals surface area contributed by atoms with Crippen molar-refractivity contribution in [3.63, 3.8) is 0 Å². The minimum atomic E-state index is -3.28. The van der Waals surface area contributed by atoms with Gasteiger partial charge < -0.3 is 4.74 Å². The summed E-state index contributed by atoms with van der Waals surface area (Å²) in [5.74, 6) is 1.60. The lowest BCUT2D eigenvalue weighted by Crippen LogP contribution is -2.27. The fourth-order valence-electron chi connectivity index (χ4n) is 3.33. The van der Waals surface area contributed by atoms with E-state index in [0.717, 1.165) is 11.1 Å². The van der Waals surface area contributed by atoms with Crippen LogP contribution in [0, 0.1) is 29.3 Å². The average Bonchev–Trinajstić information content (AvgIpc) is 2.81. The summed E-state index contributed by atoms with van der Waals surface area (Å²) in [4.78, 5) is 12.7. The molecule has 0 fully saturated rings. The summed E-state index contributed by atoms with van der Waals surface area (Å²) in [6.45, 7) is 4.63. The number of Topliss-reactive ketones (excluding diaryl/α,β-unsaturated/α-hetero) is 1. The summed E-state index contributed by atoms with van der Waals surface area (Å²) >= 11 is 0. The zero-order chi connectivity index (χ0) is 26.5. The molecule has 0 saturated heterocycles. The molecule has 8 heteroatoms. The van der Waals surface area contributed by atoms with E-state index in [1.165, 1.54) is 26.0 Å². The van der Waals surface area contributed by atoms with Gasteiger partial charge in [0.2, 0.25) is 0 Å². The molecule has 0 aliphatic rings. The summed E-state index contributed by atoms with van der Waals surface area (Å²) in [6.07, 6.45) is 0.372. The van der Waals surface area contributed by atoms with E-state index < -0.39 is 38.6 Å². The molecule has 188 valence electrons. The molecule has 0 atom stereocenters. The smallest absolute Gasteiger partial charge is 0.193 e. The van der Waals surface area contributed by atoms with Crippen molar-refractivity contribution in [2.45, 2.75) is 44.1 Å². The van der Waals surface area contributed by atoms with Crippen LogP contribution in [0.25, 0.3) is 0 Å². The zero-order valence-corrected chi connectivity index (χ0v) is 20.9. The molecule has 3 aromatic rings. The summed E-state index contributed by atoms with van der Waals surface area (Å²) < 4.78 is 70.0. The zero-order valence-electron chi connectivity index (χ0n) is 20.1. The maximum atomic E-state index is 13.9. The van der Waals surface area contributed by atoms with Crippen LogP contribution in [0.3, 0.4) is 0 Å². The first-order chi connectivity index (χ1) is 16.9. The van der Waals surface area contributed by atoms with Crippen molar-refractivity contribution in [2.24, 2.45) is 0 Å². The number of benzene rings is 3. The van der Waals surface area contributed by atoms with Crippen molar-refractivity contribution in [1.82, 2.24) is 0 Å². The summed E-state index contributed by atoms with van der Waals surface area (Å²) in [5.41, 5.74) is 0.853. The average molecular weight is 515 g/mol. The first kappa shape index (κ1) is 27.0. The number of hydrogen-bond acceptors (Lipinski definition) is 4. The lowest BCUT2D eigenvalue weighted by Gasteiger charge is -2.21. The quantitative estimate of drug-likeness (QED) is 0.375. The molecule has 0 heterocycles. The number of sulfone groups is 1. The van der Waals surface area contributed by atoms with Crippen LogP contribution in [0.1, 0.15) is 37.5 Å². The number of halogens is 3. The highest BCUT2D eigenvalue weighted by Crippen LogP contribution is 2.26. The maximum absolute atomic E-state index is 13.9. The predicted octanol–water partition coefficient (Wildman–Crippen LogP) is 5.46. The molecular formula is C28H25F3O4S. The first-order valence-corrected chi connectivity index (χ1v) is 12.8. The topological polar surface area (TPSA) is 60.4 Å². The Morgan fingerprint density at radius 1 is 0.889 bits per heavy atom. The van der Waals surface area contributed by atoms with Crippen molar-refractivity contribution in [2.75, 3.05) is 5.75 Å². The summed E-state index contributed by atoms with van der Waals surface area (Å²) in [6, 6.07) is 14.3. The van der Waals surface area contributed by atoms with Gasteiger partial charge >= 0.3 is 0 Å². The second-order valence-electron chi connectivity index (χ2n) is 8.70. The Bertz CT molecular complexity index is 1390. The first-order valence-electron chi connectivity index (χ1n) is 11.2. The van der Waals surface area contributed by atoms with E-state index >= 15 is 0 Å². The molecular weight excluding hydrogens is 489 g/mol. The molecule has 0 aliphatic heterocycles. The van der Waals surface area contributed by atoms with Gasteiger partial charge in [-0.15, -0.1) is 0 Å². The molecule has 4 nitrogen and oxygen atoms in total. The Labute approximate surface area is 209 Å². The van der Waals surface area contributed by atoms with E-state index in [-0.39, 0.29) is 29.3 Å². The van der Waals surface area contributed by atoms with Gasteiger partial charge in [-0.2, -0.15) is 0 Å². The van der Waals surface area contributed by atoms with E-state index in [1.54, 1.807) is 43.3 Å². The third kappa shape index (κ3) is 7.22. The van der Waals surface area contributed by atoms with Crippen molar-refractivity contribution in [3.8, 4) is 17.6 Å². The Morgan fingerprint density at radius 3 is 1.89 bits per heavy atom. The van der Waals surface area contributed by atoms with Crippen LogP contribution in [0.5, 0.6) is 5.75 Å². The third-order valence-corrected chi connectivity index (χ3v) is 7.00. The highest BCUT2D eigenvalue weighted by atomic mass is 32.2. The van der Waals surface area contributed by atoms with Crippen LogP contribution < -0.4 is 4.74 Å². The molecule has 3 rings (SSSR count). The number of ether oxygens (including phenoxy) is 1.